The molecule has 0 N–H and O–H groups in total. The van der Waals surface area contributed by atoms with Gasteiger partial charge in [-0.3, -0.25) is 19.0 Å². The lowest BCUT2D eigenvalue weighted by Gasteiger charge is -2.32. The zero-order valence-electron chi connectivity index (χ0n) is 16.0. The first-order chi connectivity index (χ1) is 13.0. The average molecular weight is 497 g/mol. The van der Waals surface area contributed by atoms with Crippen LogP contribution in [0.2, 0.25) is 0 Å². The normalized spacial score (nSPS) is 17.9. The number of benzene rings is 1. The topological polar surface area (TPSA) is 98.6 Å². The molecule has 9 heteroatoms. The zero-order chi connectivity index (χ0) is 20.8. The summed E-state index contributed by atoms with van der Waals surface area (Å²) in [4.78, 5) is 55.7. The Kier molecular flexibility index (Phi) is 5.30. The highest BCUT2D eigenvalue weighted by Gasteiger charge is 2.42. The molecule has 3 amide bonds. The van der Waals surface area contributed by atoms with Gasteiger partial charge in [-0.15, -0.1) is 0 Å². The molecule has 2 aromatic rings. The van der Waals surface area contributed by atoms with Crippen LogP contribution >= 0.6 is 22.6 Å². The van der Waals surface area contributed by atoms with Crippen LogP contribution in [-0.2, 0) is 14.3 Å². The van der Waals surface area contributed by atoms with Gasteiger partial charge in [-0.1, -0.05) is 6.07 Å². The number of amides is 3. The van der Waals surface area contributed by atoms with Gasteiger partial charge in [0, 0.05) is 9.99 Å². The third-order valence-corrected chi connectivity index (χ3v) is 5.23. The minimum absolute atomic E-state index is 0.0502. The molecule has 1 unspecified atom stereocenters. The number of nitrogens with zero attached hydrogens (tertiary/aromatic N) is 3. The van der Waals surface area contributed by atoms with E-state index in [1.165, 1.54) is 4.57 Å². The van der Waals surface area contributed by atoms with Crippen LogP contribution in [0.4, 0.5) is 4.79 Å². The van der Waals surface area contributed by atoms with Crippen LogP contribution < -0.4 is 5.56 Å². The van der Waals surface area contributed by atoms with E-state index in [4.69, 9.17) is 4.74 Å². The number of hydrogen-bond acceptors (Lipinski definition) is 6. The number of aryl methyl sites for hydroxylation is 1. The fraction of sp³-hybridized carbons (Fsp3) is 0.421. The van der Waals surface area contributed by atoms with E-state index in [9.17, 15) is 19.2 Å². The van der Waals surface area contributed by atoms with Gasteiger partial charge in [0.05, 0.1) is 10.9 Å². The Morgan fingerprint density at radius 3 is 2.57 bits per heavy atom. The number of fused-ring (bicyclic) bond motifs is 1. The van der Waals surface area contributed by atoms with Crippen LogP contribution in [0.3, 0.4) is 0 Å². The summed E-state index contributed by atoms with van der Waals surface area (Å²) in [7, 11) is 0. The van der Waals surface area contributed by atoms with Crippen molar-refractivity contribution in [3.8, 4) is 0 Å². The lowest BCUT2D eigenvalue weighted by Crippen LogP contribution is -2.52. The first-order valence-electron chi connectivity index (χ1n) is 8.78. The first-order valence-corrected chi connectivity index (χ1v) is 9.86. The van der Waals surface area contributed by atoms with Gasteiger partial charge in [0.25, 0.3) is 11.5 Å². The van der Waals surface area contributed by atoms with Crippen molar-refractivity contribution < 1.29 is 19.1 Å². The van der Waals surface area contributed by atoms with Gasteiger partial charge in [-0.05, 0) is 68.8 Å². The van der Waals surface area contributed by atoms with Crippen molar-refractivity contribution in [3.05, 3.63) is 37.9 Å². The molecule has 1 fully saturated rings. The highest BCUT2D eigenvalue weighted by Crippen LogP contribution is 2.26. The molecule has 3 rings (SSSR count). The maximum Gasteiger partial charge on any atom is 0.424 e. The fourth-order valence-electron chi connectivity index (χ4n) is 3.19. The first kappa shape index (κ1) is 20.4. The van der Waals surface area contributed by atoms with Crippen LogP contribution in [-0.4, -0.2) is 38.0 Å². The van der Waals surface area contributed by atoms with Crippen LogP contribution in [0.5, 0.6) is 0 Å². The highest BCUT2D eigenvalue weighted by molar-refractivity contribution is 14.1. The Morgan fingerprint density at radius 2 is 1.93 bits per heavy atom. The summed E-state index contributed by atoms with van der Waals surface area (Å²) in [5.41, 5.74) is -0.698. The fourth-order valence-corrected chi connectivity index (χ4v) is 3.90. The maximum absolute atomic E-state index is 13.1. The van der Waals surface area contributed by atoms with E-state index in [0.29, 0.717) is 25.2 Å². The Labute approximate surface area is 175 Å². The third-order valence-electron chi connectivity index (χ3n) is 4.33. The van der Waals surface area contributed by atoms with E-state index in [1.54, 1.807) is 45.9 Å². The van der Waals surface area contributed by atoms with Crippen molar-refractivity contribution in [1.29, 1.82) is 0 Å². The summed E-state index contributed by atoms with van der Waals surface area (Å²) < 4.78 is 7.18. The van der Waals surface area contributed by atoms with E-state index in [1.807, 2.05) is 22.6 Å². The number of hydrogen-bond donors (Lipinski definition) is 0. The van der Waals surface area contributed by atoms with Crippen molar-refractivity contribution in [2.24, 2.45) is 0 Å². The van der Waals surface area contributed by atoms with E-state index in [2.05, 4.69) is 4.98 Å². The van der Waals surface area contributed by atoms with Crippen molar-refractivity contribution in [2.45, 2.75) is 52.2 Å². The molecule has 0 radical (unpaired) electrons. The molecule has 1 saturated heterocycles. The Morgan fingerprint density at radius 1 is 1.25 bits per heavy atom. The molecule has 1 aromatic heterocycles. The largest absolute Gasteiger partial charge is 0.443 e. The number of carbonyl (C=O) groups is 3. The number of likely N-dealkylation sites (tertiary alicyclic amines) is 1. The average Bonchev–Trinajstić information content (AvgIpc) is 2.55. The van der Waals surface area contributed by atoms with E-state index < -0.39 is 29.6 Å². The van der Waals surface area contributed by atoms with Crippen LogP contribution in [0.1, 0.15) is 45.5 Å². The molecule has 148 valence electrons. The predicted octanol–water partition coefficient (Wildman–Crippen LogP) is 2.93. The van der Waals surface area contributed by atoms with Crippen molar-refractivity contribution >= 4 is 51.4 Å². The summed E-state index contributed by atoms with van der Waals surface area (Å²) in [5.74, 6) is -1.07. The quantitative estimate of drug-likeness (QED) is 0.444. The van der Waals surface area contributed by atoms with Crippen molar-refractivity contribution in [3.63, 3.8) is 0 Å². The number of rotatable bonds is 1. The summed E-state index contributed by atoms with van der Waals surface area (Å²) >= 11 is 2.04. The monoisotopic (exact) mass is 497 g/mol. The number of piperidine rings is 1. The Bertz CT molecular complexity index is 1050. The maximum atomic E-state index is 13.1. The third kappa shape index (κ3) is 3.67. The summed E-state index contributed by atoms with van der Waals surface area (Å²) in [5, 5.41) is 0.405. The lowest BCUT2D eigenvalue weighted by atomic mass is 10.0. The molecule has 1 aliphatic heterocycles. The van der Waals surface area contributed by atoms with Gasteiger partial charge >= 0.3 is 6.09 Å². The molecule has 1 aromatic carbocycles. The Hall–Kier alpha value is -2.30. The molecule has 0 aliphatic carbocycles. The number of carbonyl (C=O) groups excluding carboxylic acids is 3. The molecular formula is C19H20IN3O5. The van der Waals surface area contributed by atoms with Gasteiger partial charge in [0.15, 0.2) is 0 Å². The number of aromatic nitrogens is 2. The predicted molar refractivity (Wildman–Crippen MR) is 110 cm³/mol. The van der Waals surface area contributed by atoms with Gasteiger partial charge in [-0.2, -0.15) is 4.90 Å². The van der Waals surface area contributed by atoms with Crippen molar-refractivity contribution in [1.82, 2.24) is 14.5 Å². The van der Waals surface area contributed by atoms with Crippen LogP contribution in [0, 0.1) is 10.5 Å². The summed E-state index contributed by atoms with van der Waals surface area (Å²) in [6.07, 6.45) is -0.957. The second kappa shape index (κ2) is 7.26. The van der Waals surface area contributed by atoms with E-state index in [0.717, 1.165) is 0 Å². The van der Waals surface area contributed by atoms with Gasteiger partial charge in [-0.25, -0.2) is 9.78 Å². The van der Waals surface area contributed by atoms with Crippen LogP contribution in [0.15, 0.2) is 23.0 Å². The number of imide groups is 3. The van der Waals surface area contributed by atoms with Gasteiger partial charge < -0.3 is 4.74 Å². The second-order valence-corrected chi connectivity index (χ2v) is 8.73. The minimum atomic E-state index is -1.03. The molecule has 0 saturated carbocycles. The smallest absolute Gasteiger partial charge is 0.424 e. The molecule has 0 bridgehead atoms. The number of halogens is 1. The molecule has 28 heavy (non-hydrogen) atoms. The lowest BCUT2D eigenvalue weighted by molar-refractivity contribution is -0.149. The summed E-state index contributed by atoms with van der Waals surface area (Å²) in [6.45, 7) is 6.56. The molecular weight excluding hydrogens is 477 g/mol. The van der Waals surface area contributed by atoms with E-state index in [-0.39, 0.29) is 18.4 Å². The SMILES string of the molecule is Cc1nc2cccc(I)c2c(=O)n1C1CCC(=O)N(C(=O)OC(C)(C)C)C1=O. The molecule has 0 spiro atoms. The molecule has 1 atom stereocenters. The second-order valence-electron chi connectivity index (χ2n) is 7.57. The van der Waals surface area contributed by atoms with Gasteiger partial charge in [0.2, 0.25) is 5.91 Å². The standard InChI is InChI=1S/C19H20IN3O5/c1-10-21-12-7-5-6-11(20)15(12)17(26)22(10)13-8-9-14(24)23(16(13)25)18(27)28-19(2,3)4/h5-7,13H,8-9H2,1-4H3. The molecule has 2 heterocycles. The van der Waals surface area contributed by atoms with Crippen LogP contribution in [0.25, 0.3) is 10.9 Å². The number of ether oxygens (including phenoxy) is 1. The van der Waals surface area contributed by atoms with E-state index >= 15 is 0 Å². The highest BCUT2D eigenvalue weighted by atomic mass is 127. The zero-order valence-corrected chi connectivity index (χ0v) is 18.1. The molecule has 1 aliphatic rings. The molecule has 8 nitrogen and oxygen atoms in total. The van der Waals surface area contributed by atoms with Crippen molar-refractivity contribution in [2.75, 3.05) is 0 Å². The minimum Gasteiger partial charge on any atom is -0.443 e. The summed E-state index contributed by atoms with van der Waals surface area (Å²) in [6, 6.07) is 4.32. The Balaban J connectivity index is 2.08. The van der Waals surface area contributed by atoms with Gasteiger partial charge in [0.1, 0.15) is 17.5 Å².